The van der Waals surface area contributed by atoms with Crippen molar-refractivity contribution < 1.29 is 9.15 Å². The zero-order chi connectivity index (χ0) is 31.1. The molecule has 2 aromatic heterocycles. The summed E-state index contributed by atoms with van der Waals surface area (Å²) in [6.45, 7) is 2.26. The fraction of sp³-hybridized carbons (Fsp3) is 0.179. The zero-order valence-electron chi connectivity index (χ0n) is 25.7. The molecule has 6 aromatic rings. The highest BCUT2D eigenvalue weighted by Gasteiger charge is 2.54. The standard InChI is InChI=1S/C39H35N3O3P/c1-44-31-22-20-29(21-23-31)37-40-38(39(45-37)41-25-28-24-30(27-41)35-18-11-19-36(43)42(35)26-28)46(32-12-5-2-6-13-32,33-14-7-3-8-15-33)34-16-9-4-10-17-34/h2-23,28,30H,24-27H2,1H3/q+1. The number of aromatic nitrogens is 2. The van der Waals surface area contributed by atoms with Crippen molar-refractivity contribution >= 4 is 34.5 Å². The molecule has 0 spiro atoms. The number of nitrogens with zero attached hydrogens (tertiary/aromatic N) is 3. The SMILES string of the molecule is COc1ccc(-c2nc([P+](c3ccccc3)(c3ccccc3)c3ccccc3)c(N3CC4CC(C3)c3cccc(=O)n3C4)o2)cc1. The van der Waals surface area contributed by atoms with Gasteiger partial charge in [0.25, 0.3) is 16.9 Å². The number of piperidine rings is 1. The van der Waals surface area contributed by atoms with Gasteiger partial charge in [-0.25, -0.2) is 0 Å². The lowest BCUT2D eigenvalue weighted by molar-refractivity contribution is 0.275. The molecule has 6 nitrogen and oxygen atoms in total. The third kappa shape index (κ3) is 4.76. The second kappa shape index (κ2) is 11.8. The second-order valence-corrected chi connectivity index (χ2v) is 15.5. The van der Waals surface area contributed by atoms with E-state index in [0.717, 1.165) is 47.8 Å². The zero-order valence-corrected chi connectivity index (χ0v) is 26.6. The van der Waals surface area contributed by atoms with Gasteiger partial charge in [0, 0.05) is 42.9 Å². The number of pyridine rings is 1. The lowest BCUT2D eigenvalue weighted by atomic mass is 9.83. The van der Waals surface area contributed by atoms with Crippen molar-refractivity contribution in [2.24, 2.45) is 5.92 Å². The van der Waals surface area contributed by atoms with E-state index in [2.05, 4.69) is 102 Å². The van der Waals surface area contributed by atoms with E-state index in [9.17, 15) is 4.79 Å². The fourth-order valence-electron chi connectivity index (χ4n) is 7.42. The van der Waals surface area contributed by atoms with Crippen LogP contribution in [0, 0.1) is 5.92 Å². The molecule has 4 heterocycles. The largest absolute Gasteiger partial charge is 0.497 e. The van der Waals surface area contributed by atoms with Crippen LogP contribution in [0.3, 0.4) is 0 Å². The van der Waals surface area contributed by atoms with Crippen molar-refractivity contribution in [1.82, 2.24) is 9.55 Å². The molecule has 46 heavy (non-hydrogen) atoms. The molecule has 0 radical (unpaired) electrons. The van der Waals surface area contributed by atoms with Gasteiger partial charge in [-0.3, -0.25) is 4.79 Å². The number of rotatable bonds is 7. The number of oxazole rings is 1. The number of ether oxygens (including phenoxy) is 1. The number of anilines is 1. The highest BCUT2D eigenvalue weighted by molar-refractivity contribution is 8.01. The van der Waals surface area contributed by atoms with E-state index >= 15 is 0 Å². The molecule has 228 valence electrons. The van der Waals surface area contributed by atoms with Crippen LogP contribution in [-0.2, 0) is 6.54 Å². The highest BCUT2D eigenvalue weighted by Crippen LogP contribution is 2.56. The van der Waals surface area contributed by atoms with Crippen molar-refractivity contribution in [3.63, 3.8) is 0 Å². The summed E-state index contributed by atoms with van der Waals surface area (Å²) in [7, 11) is -0.880. The molecule has 2 aliphatic rings. The summed E-state index contributed by atoms with van der Waals surface area (Å²) < 4.78 is 14.4. The first-order chi connectivity index (χ1) is 22.6. The Balaban J connectivity index is 1.39. The minimum atomic E-state index is -2.56. The maximum Gasteiger partial charge on any atom is 0.262 e. The van der Waals surface area contributed by atoms with E-state index in [1.165, 1.54) is 15.9 Å². The van der Waals surface area contributed by atoms with Gasteiger partial charge in [-0.05, 0) is 79.1 Å². The van der Waals surface area contributed by atoms with Gasteiger partial charge in [0.2, 0.25) is 5.89 Å². The van der Waals surface area contributed by atoms with E-state index in [0.29, 0.717) is 18.4 Å². The van der Waals surface area contributed by atoms with Crippen molar-refractivity contribution in [1.29, 1.82) is 0 Å². The molecule has 0 saturated carbocycles. The normalized spacial score (nSPS) is 17.4. The van der Waals surface area contributed by atoms with E-state index in [-0.39, 0.29) is 11.5 Å². The van der Waals surface area contributed by atoms with Crippen molar-refractivity contribution in [3.8, 4) is 17.2 Å². The highest BCUT2D eigenvalue weighted by atomic mass is 31.2. The van der Waals surface area contributed by atoms with Crippen molar-refractivity contribution in [2.75, 3.05) is 25.1 Å². The number of hydrogen-bond donors (Lipinski definition) is 0. The lowest BCUT2D eigenvalue weighted by Gasteiger charge is -2.42. The first-order valence-electron chi connectivity index (χ1n) is 15.8. The molecule has 0 N–H and O–H groups in total. The quantitative estimate of drug-likeness (QED) is 0.212. The molecule has 1 saturated heterocycles. The Morgan fingerprint density at radius 3 is 1.91 bits per heavy atom. The summed E-state index contributed by atoms with van der Waals surface area (Å²) in [5, 5.41) is 3.66. The van der Waals surface area contributed by atoms with Crippen LogP contribution >= 0.6 is 7.26 Å². The molecule has 7 heteroatoms. The number of benzene rings is 4. The smallest absolute Gasteiger partial charge is 0.262 e. The van der Waals surface area contributed by atoms with E-state index < -0.39 is 7.26 Å². The topological polar surface area (TPSA) is 60.5 Å². The molecule has 2 unspecified atom stereocenters. The first-order valence-corrected chi connectivity index (χ1v) is 17.6. The average molecular weight is 625 g/mol. The molecule has 8 rings (SSSR count). The van der Waals surface area contributed by atoms with Crippen LogP contribution in [0.15, 0.2) is 143 Å². The summed E-state index contributed by atoms with van der Waals surface area (Å²) in [5.74, 6) is 2.74. The Kier molecular flexibility index (Phi) is 7.31. The molecule has 1 fully saturated rings. The predicted molar refractivity (Wildman–Crippen MR) is 187 cm³/mol. The molecule has 4 aromatic carbocycles. The molecule has 2 bridgehead atoms. The van der Waals surface area contributed by atoms with Crippen LogP contribution in [0.1, 0.15) is 18.0 Å². The summed E-state index contributed by atoms with van der Waals surface area (Å²) in [5.41, 5.74) is 3.06. The first kappa shape index (κ1) is 28.5. The summed E-state index contributed by atoms with van der Waals surface area (Å²) in [6, 6.07) is 46.1. The van der Waals surface area contributed by atoms with E-state index in [1.807, 2.05) is 34.9 Å². The van der Waals surface area contributed by atoms with Crippen LogP contribution in [-0.4, -0.2) is 29.8 Å². The maximum absolute atomic E-state index is 12.8. The van der Waals surface area contributed by atoms with Gasteiger partial charge in [0.05, 0.1) is 7.11 Å². The van der Waals surface area contributed by atoms with Crippen LogP contribution in [0.2, 0.25) is 0 Å². The Hall–Kier alpha value is -4.93. The monoisotopic (exact) mass is 624 g/mol. The number of fused-ring (bicyclic) bond motifs is 4. The molecule has 0 amide bonds. The van der Waals surface area contributed by atoms with Crippen LogP contribution in [0.5, 0.6) is 5.75 Å². The van der Waals surface area contributed by atoms with Gasteiger partial charge < -0.3 is 18.6 Å². The van der Waals surface area contributed by atoms with E-state index in [1.54, 1.807) is 13.2 Å². The third-order valence-electron chi connectivity index (χ3n) is 9.44. The Morgan fingerprint density at radius 1 is 0.717 bits per heavy atom. The van der Waals surface area contributed by atoms with Crippen LogP contribution < -0.4 is 36.5 Å². The molecular weight excluding hydrogens is 589 g/mol. The van der Waals surface area contributed by atoms with Gasteiger partial charge in [-0.2, -0.15) is 4.98 Å². The van der Waals surface area contributed by atoms with Crippen LogP contribution in [0.4, 0.5) is 5.88 Å². The van der Waals surface area contributed by atoms with Gasteiger partial charge in [0.15, 0.2) is 7.26 Å². The average Bonchev–Trinajstić information content (AvgIpc) is 3.56. The lowest BCUT2D eigenvalue weighted by Crippen LogP contribution is -2.49. The second-order valence-electron chi connectivity index (χ2n) is 12.2. The summed E-state index contributed by atoms with van der Waals surface area (Å²) in [4.78, 5) is 20.8. The molecule has 2 aliphatic heterocycles. The van der Waals surface area contributed by atoms with Gasteiger partial charge in [-0.1, -0.05) is 60.7 Å². The van der Waals surface area contributed by atoms with Gasteiger partial charge >= 0.3 is 0 Å². The van der Waals surface area contributed by atoms with Crippen LogP contribution in [0.25, 0.3) is 11.5 Å². The Bertz CT molecular complexity index is 1930. The fourth-order valence-corrected chi connectivity index (χ4v) is 11.6. The van der Waals surface area contributed by atoms with Crippen molar-refractivity contribution in [3.05, 3.63) is 150 Å². The Morgan fingerprint density at radius 2 is 1.33 bits per heavy atom. The minimum Gasteiger partial charge on any atom is -0.497 e. The van der Waals surface area contributed by atoms with E-state index in [4.69, 9.17) is 14.1 Å². The molecule has 0 aliphatic carbocycles. The number of hydrogen-bond acceptors (Lipinski definition) is 5. The molecule has 2 atom stereocenters. The predicted octanol–water partition coefficient (Wildman–Crippen LogP) is 5.76. The maximum atomic E-state index is 12.8. The summed E-state index contributed by atoms with van der Waals surface area (Å²) >= 11 is 0. The summed E-state index contributed by atoms with van der Waals surface area (Å²) in [6.07, 6.45) is 1.06. The number of methoxy groups -OCH3 is 1. The third-order valence-corrected chi connectivity index (χ3v) is 13.6. The van der Waals surface area contributed by atoms with Gasteiger partial charge in [-0.15, -0.1) is 0 Å². The minimum absolute atomic E-state index is 0.0879. The van der Waals surface area contributed by atoms with Gasteiger partial charge in [0.1, 0.15) is 21.7 Å². The molecular formula is C39H35N3O3P+. The Labute approximate surface area is 269 Å². The van der Waals surface area contributed by atoms with Crippen molar-refractivity contribution in [2.45, 2.75) is 18.9 Å².